The number of halogens is 1. The zero-order valence-electron chi connectivity index (χ0n) is 12.8. The lowest BCUT2D eigenvalue weighted by Gasteiger charge is -2.31. The Morgan fingerprint density at radius 2 is 2.17 bits per heavy atom. The van der Waals surface area contributed by atoms with Crippen molar-refractivity contribution in [1.29, 1.82) is 0 Å². The summed E-state index contributed by atoms with van der Waals surface area (Å²) in [7, 11) is 1.31. The van der Waals surface area contributed by atoms with Crippen molar-refractivity contribution in [2.75, 3.05) is 26.9 Å². The van der Waals surface area contributed by atoms with Gasteiger partial charge in [0, 0.05) is 23.4 Å². The maximum atomic E-state index is 12.2. The molecule has 0 spiro atoms. The average molecular weight is 340 g/mol. The van der Waals surface area contributed by atoms with E-state index in [1.54, 1.807) is 17.0 Å². The first-order valence-corrected chi connectivity index (χ1v) is 7.82. The van der Waals surface area contributed by atoms with Gasteiger partial charge in [-0.2, -0.15) is 0 Å². The Morgan fingerprint density at radius 3 is 2.87 bits per heavy atom. The number of hydrogen-bond donors (Lipinski definition) is 0. The lowest BCUT2D eigenvalue weighted by Crippen LogP contribution is -2.38. The minimum atomic E-state index is -0.749. The maximum Gasteiger partial charge on any atom is 0.331 e. The molecule has 0 aliphatic carbocycles. The quantitative estimate of drug-likeness (QED) is 0.764. The minimum absolute atomic E-state index is 0.0652. The molecule has 1 aromatic carbocycles. The Balaban J connectivity index is 1.72. The molecular weight excluding hydrogens is 322 g/mol. The van der Waals surface area contributed by atoms with Crippen molar-refractivity contribution in [2.24, 2.45) is 0 Å². The van der Waals surface area contributed by atoms with Gasteiger partial charge in [0.1, 0.15) is 12.7 Å². The van der Waals surface area contributed by atoms with Gasteiger partial charge in [0.15, 0.2) is 5.72 Å². The van der Waals surface area contributed by atoms with Gasteiger partial charge in [0.2, 0.25) is 5.91 Å². The predicted molar refractivity (Wildman–Crippen MR) is 81.8 cm³/mol. The summed E-state index contributed by atoms with van der Waals surface area (Å²) in [5.41, 5.74) is 0.157. The second-order valence-corrected chi connectivity index (χ2v) is 6.06. The van der Waals surface area contributed by atoms with Crippen LogP contribution in [0.3, 0.4) is 0 Å². The Hall–Kier alpha value is -1.63. The molecule has 3 rings (SSSR count). The van der Waals surface area contributed by atoms with Crippen LogP contribution in [0.2, 0.25) is 5.02 Å². The zero-order chi connectivity index (χ0) is 16.4. The monoisotopic (exact) mass is 339 g/mol. The summed E-state index contributed by atoms with van der Waals surface area (Å²) in [6.45, 7) is 0.551. The number of rotatable bonds is 5. The first-order valence-electron chi connectivity index (χ1n) is 7.44. The molecule has 1 aromatic rings. The minimum Gasteiger partial charge on any atom is -0.467 e. The van der Waals surface area contributed by atoms with Gasteiger partial charge in [0.05, 0.1) is 20.3 Å². The largest absolute Gasteiger partial charge is 0.467 e. The van der Waals surface area contributed by atoms with Gasteiger partial charge in [-0.25, -0.2) is 4.79 Å². The molecule has 6 nitrogen and oxygen atoms in total. The molecule has 2 heterocycles. The third-order valence-electron chi connectivity index (χ3n) is 4.21. The SMILES string of the molecule is COC(=O)COC[C@@H]1CN2C(=O)CC[C@]2(c2ccc(Cl)cc2)O1. The van der Waals surface area contributed by atoms with Crippen LogP contribution in [0.1, 0.15) is 18.4 Å². The number of esters is 1. The molecule has 23 heavy (non-hydrogen) atoms. The molecule has 0 radical (unpaired) electrons. The van der Waals surface area contributed by atoms with Crippen LogP contribution in [-0.4, -0.2) is 49.7 Å². The highest BCUT2D eigenvalue weighted by Gasteiger charge is 2.54. The van der Waals surface area contributed by atoms with Crippen molar-refractivity contribution >= 4 is 23.5 Å². The summed E-state index contributed by atoms with van der Waals surface area (Å²) in [6, 6.07) is 7.34. The highest BCUT2D eigenvalue weighted by molar-refractivity contribution is 6.30. The van der Waals surface area contributed by atoms with E-state index in [9.17, 15) is 9.59 Å². The maximum absolute atomic E-state index is 12.2. The van der Waals surface area contributed by atoms with Gasteiger partial charge in [-0.3, -0.25) is 4.79 Å². The molecule has 0 unspecified atom stereocenters. The Morgan fingerprint density at radius 1 is 1.43 bits per heavy atom. The molecule has 2 saturated heterocycles. The number of fused-ring (bicyclic) bond motifs is 1. The number of nitrogens with zero attached hydrogens (tertiary/aromatic N) is 1. The van der Waals surface area contributed by atoms with Gasteiger partial charge in [0.25, 0.3) is 0 Å². The fourth-order valence-corrected chi connectivity index (χ4v) is 3.26. The second kappa shape index (κ2) is 6.47. The summed E-state index contributed by atoms with van der Waals surface area (Å²) in [5.74, 6) is -0.373. The fourth-order valence-electron chi connectivity index (χ4n) is 3.13. The summed E-state index contributed by atoms with van der Waals surface area (Å²) < 4.78 is 16.0. The lowest BCUT2D eigenvalue weighted by atomic mass is 10.0. The van der Waals surface area contributed by atoms with Gasteiger partial charge < -0.3 is 19.1 Å². The normalized spacial score (nSPS) is 26.4. The third-order valence-corrected chi connectivity index (χ3v) is 4.46. The van der Waals surface area contributed by atoms with E-state index in [-0.39, 0.29) is 25.2 Å². The molecule has 124 valence electrons. The van der Waals surface area contributed by atoms with Crippen LogP contribution in [-0.2, 0) is 29.5 Å². The van der Waals surface area contributed by atoms with E-state index in [2.05, 4.69) is 4.74 Å². The summed E-state index contributed by atoms with van der Waals surface area (Å²) in [5, 5.41) is 0.636. The van der Waals surface area contributed by atoms with E-state index >= 15 is 0 Å². The summed E-state index contributed by atoms with van der Waals surface area (Å²) in [4.78, 5) is 25.0. The highest BCUT2D eigenvalue weighted by Crippen LogP contribution is 2.46. The molecule has 2 atom stereocenters. The number of carbonyl (C=O) groups excluding carboxylic acids is 2. The molecular formula is C16H18ClNO5. The number of amides is 1. The predicted octanol–water partition coefficient (Wildman–Crippen LogP) is 1.70. The number of carbonyl (C=O) groups is 2. The molecule has 1 amide bonds. The standard InChI is InChI=1S/C16H18ClNO5/c1-21-15(20)10-22-9-13-8-18-14(19)6-7-16(18,23-13)11-2-4-12(17)5-3-11/h2-5,13H,6-10H2,1H3/t13-,16+/m0/s1. The van der Waals surface area contributed by atoms with Crippen molar-refractivity contribution in [3.05, 3.63) is 34.9 Å². The molecule has 2 aliphatic heterocycles. The number of methoxy groups -OCH3 is 1. The van der Waals surface area contributed by atoms with Gasteiger partial charge >= 0.3 is 5.97 Å². The van der Waals surface area contributed by atoms with Crippen LogP contribution in [0.4, 0.5) is 0 Å². The van der Waals surface area contributed by atoms with Crippen LogP contribution in [0.25, 0.3) is 0 Å². The Kier molecular flexibility index (Phi) is 4.57. The van der Waals surface area contributed by atoms with E-state index in [1.807, 2.05) is 12.1 Å². The molecule has 2 fully saturated rings. The van der Waals surface area contributed by atoms with Crippen LogP contribution >= 0.6 is 11.6 Å². The van der Waals surface area contributed by atoms with E-state index in [4.69, 9.17) is 21.1 Å². The fraction of sp³-hybridized carbons (Fsp3) is 0.500. The molecule has 7 heteroatoms. The van der Waals surface area contributed by atoms with Crippen LogP contribution in [0.5, 0.6) is 0 Å². The first kappa shape index (κ1) is 16.2. The summed E-state index contributed by atoms with van der Waals surface area (Å²) >= 11 is 5.94. The molecule has 0 N–H and O–H groups in total. The number of benzene rings is 1. The van der Waals surface area contributed by atoms with Crippen molar-refractivity contribution < 1.29 is 23.8 Å². The first-order chi connectivity index (χ1) is 11.0. The molecule has 0 aromatic heterocycles. The topological polar surface area (TPSA) is 65.1 Å². The molecule has 2 aliphatic rings. The smallest absolute Gasteiger partial charge is 0.331 e. The zero-order valence-corrected chi connectivity index (χ0v) is 13.5. The van der Waals surface area contributed by atoms with E-state index in [0.29, 0.717) is 24.4 Å². The van der Waals surface area contributed by atoms with E-state index in [0.717, 1.165) is 5.56 Å². The Bertz CT molecular complexity index is 605. The van der Waals surface area contributed by atoms with E-state index in [1.165, 1.54) is 7.11 Å². The van der Waals surface area contributed by atoms with Crippen molar-refractivity contribution in [3.63, 3.8) is 0 Å². The van der Waals surface area contributed by atoms with E-state index < -0.39 is 11.7 Å². The van der Waals surface area contributed by atoms with Crippen LogP contribution < -0.4 is 0 Å². The lowest BCUT2D eigenvalue weighted by molar-refractivity contribution is -0.149. The molecule has 0 bridgehead atoms. The number of hydrogen-bond acceptors (Lipinski definition) is 5. The number of ether oxygens (including phenoxy) is 3. The Labute approximate surface area is 139 Å². The van der Waals surface area contributed by atoms with Crippen molar-refractivity contribution in [3.8, 4) is 0 Å². The summed E-state index contributed by atoms with van der Waals surface area (Å²) in [6.07, 6.45) is 0.777. The van der Waals surface area contributed by atoms with Gasteiger partial charge in [-0.15, -0.1) is 0 Å². The highest BCUT2D eigenvalue weighted by atomic mass is 35.5. The molecule has 0 saturated carbocycles. The van der Waals surface area contributed by atoms with Gasteiger partial charge in [-0.05, 0) is 12.1 Å². The second-order valence-electron chi connectivity index (χ2n) is 5.63. The van der Waals surface area contributed by atoms with Gasteiger partial charge in [-0.1, -0.05) is 23.7 Å². The average Bonchev–Trinajstić information content (AvgIpc) is 3.06. The van der Waals surface area contributed by atoms with Crippen LogP contribution in [0, 0.1) is 0 Å². The van der Waals surface area contributed by atoms with Crippen molar-refractivity contribution in [2.45, 2.75) is 24.7 Å². The van der Waals surface area contributed by atoms with Crippen molar-refractivity contribution in [1.82, 2.24) is 4.90 Å². The third kappa shape index (κ3) is 3.06. The van der Waals surface area contributed by atoms with Crippen LogP contribution in [0.15, 0.2) is 24.3 Å².